The second kappa shape index (κ2) is 12.7. The number of amides is 1. The highest BCUT2D eigenvalue weighted by Crippen LogP contribution is 2.37. The van der Waals surface area contributed by atoms with Crippen LogP contribution in [0, 0.1) is 5.82 Å². The van der Waals surface area contributed by atoms with Crippen molar-refractivity contribution in [2.45, 2.75) is 24.5 Å². The number of nitrogens with zero attached hydrogens (tertiary/aromatic N) is 3. The predicted molar refractivity (Wildman–Crippen MR) is 156 cm³/mol. The van der Waals surface area contributed by atoms with Crippen molar-refractivity contribution < 1.29 is 28.2 Å². The number of hydrogen-bond acceptors (Lipinski definition) is 9. The van der Waals surface area contributed by atoms with Crippen LogP contribution in [-0.4, -0.2) is 77.0 Å². The summed E-state index contributed by atoms with van der Waals surface area (Å²) in [5.74, 6) is -1.88. The molecular weight excluding hydrogens is 570 g/mol. The van der Waals surface area contributed by atoms with Crippen LogP contribution in [0.1, 0.15) is 12.8 Å². The van der Waals surface area contributed by atoms with Gasteiger partial charge in [0.05, 0.1) is 41.1 Å². The number of likely N-dealkylation sites (tertiary alicyclic amines) is 1. The number of aromatic nitrogens is 2. The van der Waals surface area contributed by atoms with Gasteiger partial charge < -0.3 is 30.9 Å². The monoisotopic (exact) mass is 600 g/mol. The van der Waals surface area contributed by atoms with Gasteiger partial charge in [-0.1, -0.05) is 18.2 Å². The number of nitrogens with two attached hydrogens (primary N) is 1. The zero-order valence-electron chi connectivity index (χ0n) is 22.7. The molecule has 2 fully saturated rings. The topological polar surface area (TPSA) is 135 Å². The number of aliphatic hydroxyl groups is 1. The summed E-state index contributed by atoms with van der Waals surface area (Å²) < 4.78 is 40.2. The van der Waals surface area contributed by atoms with E-state index in [9.17, 15) is 13.6 Å². The fourth-order valence-electron chi connectivity index (χ4n) is 4.44. The van der Waals surface area contributed by atoms with Gasteiger partial charge in [-0.05, 0) is 48.8 Å². The number of halogens is 3. The molecule has 5 N–H and O–H groups in total. The summed E-state index contributed by atoms with van der Waals surface area (Å²) >= 11 is 5.92. The van der Waals surface area contributed by atoms with E-state index in [-0.39, 0.29) is 48.9 Å². The summed E-state index contributed by atoms with van der Waals surface area (Å²) in [6.45, 7) is 5.39. The highest BCUT2D eigenvalue weighted by atomic mass is 35.5. The van der Waals surface area contributed by atoms with Gasteiger partial charge >= 0.3 is 0 Å². The maximum atomic E-state index is 15.0. The van der Waals surface area contributed by atoms with Gasteiger partial charge in [-0.15, -0.1) is 0 Å². The van der Waals surface area contributed by atoms with E-state index in [2.05, 4.69) is 27.2 Å². The van der Waals surface area contributed by atoms with Crippen molar-refractivity contribution in [2.75, 3.05) is 50.1 Å². The van der Waals surface area contributed by atoms with Crippen molar-refractivity contribution in [2.24, 2.45) is 5.73 Å². The number of fused-ring (bicyclic) bond motifs is 1. The van der Waals surface area contributed by atoms with Crippen LogP contribution in [0.5, 0.6) is 5.75 Å². The van der Waals surface area contributed by atoms with Gasteiger partial charge in [-0.25, -0.2) is 18.7 Å². The van der Waals surface area contributed by atoms with Gasteiger partial charge in [0.15, 0.2) is 5.83 Å². The number of ether oxygens (including phenoxy) is 2. The Bertz CT molecular complexity index is 1530. The van der Waals surface area contributed by atoms with Crippen LogP contribution in [0.25, 0.3) is 10.9 Å². The third-order valence-electron chi connectivity index (χ3n) is 7.04. The minimum atomic E-state index is -0.979. The molecule has 1 atom stereocenters. The van der Waals surface area contributed by atoms with Gasteiger partial charge in [0.1, 0.15) is 30.3 Å². The quantitative estimate of drug-likeness (QED) is 0.179. The molecule has 1 aliphatic heterocycles. The maximum Gasteiger partial charge on any atom is 0.284 e. The van der Waals surface area contributed by atoms with E-state index in [0.29, 0.717) is 35.5 Å². The van der Waals surface area contributed by atoms with Crippen molar-refractivity contribution in [3.63, 3.8) is 0 Å². The molecule has 42 heavy (non-hydrogen) atoms. The molecule has 3 aromatic rings. The molecule has 0 bridgehead atoms. The zero-order chi connectivity index (χ0) is 29.9. The standard InChI is InChI=1S/C29H31ClF2N6O4/c1-17-13-38(14-26(17)41-9-8-39)7-4-22(32)28(40)37-24-11-19-23(12-25(24)42-15-29(33)5-6-29)34-16-35-27(19)36-18-2-3-21(31)20(30)10-18/h2-4,10-12,16,26,39H,1,5-9,13-15,33H2,(H,37,40)(H,34,35,36). The number of nitrogens with one attached hydrogen (secondary N) is 2. The molecule has 13 heteroatoms. The molecule has 2 aromatic carbocycles. The molecule has 222 valence electrons. The average Bonchev–Trinajstić information content (AvgIpc) is 3.60. The normalized spacial score (nSPS) is 18.4. The molecule has 1 aromatic heterocycles. The van der Waals surface area contributed by atoms with Crippen LogP contribution in [0.2, 0.25) is 5.02 Å². The Balaban J connectivity index is 1.36. The number of carbonyl (C=O) groups is 1. The van der Waals surface area contributed by atoms with Crippen molar-refractivity contribution in [1.82, 2.24) is 14.9 Å². The first kappa shape index (κ1) is 29.8. The molecule has 2 aliphatic rings. The van der Waals surface area contributed by atoms with Crippen LogP contribution >= 0.6 is 11.6 Å². The maximum absolute atomic E-state index is 15.0. The van der Waals surface area contributed by atoms with Crippen molar-refractivity contribution in [3.05, 3.63) is 71.6 Å². The summed E-state index contributed by atoms with van der Waals surface area (Å²) in [5, 5.41) is 15.1. The van der Waals surface area contributed by atoms with Gasteiger partial charge in [0.2, 0.25) is 0 Å². The Morgan fingerprint density at radius 2 is 2.12 bits per heavy atom. The minimum absolute atomic E-state index is 0.0634. The first-order chi connectivity index (χ1) is 20.1. The van der Waals surface area contributed by atoms with Crippen LogP contribution in [0.15, 0.2) is 60.7 Å². The van der Waals surface area contributed by atoms with Crippen LogP contribution in [0.3, 0.4) is 0 Å². The Labute approximate surface area is 246 Å². The number of hydrogen-bond donors (Lipinski definition) is 4. The molecular formula is C29H31ClF2N6O4. The minimum Gasteiger partial charge on any atom is -0.489 e. The van der Waals surface area contributed by atoms with Gasteiger partial charge in [-0.3, -0.25) is 9.69 Å². The zero-order valence-corrected chi connectivity index (χ0v) is 23.5. The summed E-state index contributed by atoms with van der Waals surface area (Å²) in [4.78, 5) is 23.4. The third-order valence-corrected chi connectivity index (χ3v) is 7.33. The number of carbonyl (C=O) groups excluding carboxylic acids is 1. The molecule has 0 radical (unpaired) electrons. The molecule has 2 heterocycles. The Kier molecular flexibility index (Phi) is 8.99. The van der Waals surface area contributed by atoms with Crippen LogP contribution in [0.4, 0.5) is 26.0 Å². The smallest absolute Gasteiger partial charge is 0.284 e. The Morgan fingerprint density at radius 1 is 1.31 bits per heavy atom. The molecule has 1 saturated carbocycles. The van der Waals surface area contributed by atoms with E-state index in [1.54, 1.807) is 12.1 Å². The number of rotatable bonds is 12. The van der Waals surface area contributed by atoms with Gasteiger partial charge in [0.25, 0.3) is 5.91 Å². The lowest BCUT2D eigenvalue weighted by Gasteiger charge is -2.17. The highest BCUT2D eigenvalue weighted by molar-refractivity contribution is 6.31. The first-order valence-electron chi connectivity index (χ1n) is 13.4. The molecule has 1 saturated heterocycles. The summed E-state index contributed by atoms with van der Waals surface area (Å²) in [5.41, 5.74) is 7.74. The fourth-order valence-corrected chi connectivity index (χ4v) is 4.62. The molecule has 1 amide bonds. The Morgan fingerprint density at radius 3 is 2.86 bits per heavy atom. The lowest BCUT2D eigenvalue weighted by Crippen LogP contribution is -2.30. The van der Waals surface area contributed by atoms with Crippen molar-refractivity contribution in [3.8, 4) is 5.75 Å². The summed E-state index contributed by atoms with van der Waals surface area (Å²) in [6, 6.07) is 7.33. The fraction of sp³-hybridized carbons (Fsp3) is 0.345. The van der Waals surface area contributed by atoms with E-state index in [1.165, 1.54) is 30.6 Å². The van der Waals surface area contributed by atoms with Crippen molar-refractivity contribution >= 4 is 45.6 Å². The van der Waals surface area contributed by atoms with Gasteiger partial charge in [-0.2, -0.15) is 0 Å². The lowest BCUT2D eigenvalue weighted by atomic mass is 10.1. The highest BCUT2D eigenvalue weighted by Gasteiger charge is 2.39. The third kappa shape index (κ3) is 7.20. The first-order valence-corrected chi connectivity index (χ1v) is 13.7. The Hall–Kier alpha value is -3.68. The predicted octanol–water partition coefficient (Wildman–Crippen LogP) is 4.08. The second-order valence-electron chi connectivity index (χ2n) is 10.4. The van der Waals surface area contributed by atoms with E-state index < -0.39 is 23.1 Å². The van der Waals surface area contributed by atoms with Crippen LogP contribution < -0.4 is 21.1 Å². The molecule has 5 rings (SSSR count). The lowest BCUT2D eigenvalue weighted by molar-refractivity contribution is -0.114. The SMILES string of the molecule is C=C1CN(CC=C(F)C(=O)Nc2cc3c(Nc4ccc(F)c(Cl)c4)ncnc3cc2OCC2(N)CC2)CC1OCCO. The second-order valence-corrected chi connectivity index (χ2v) is 10.8. The average molecular weight is 601 g/mol. The molecule has 0 spiro atoms. The summed E-state index contributed by atoms with van der Waals surface area (Å²) in [7, 11) is 0. The number of aliphatic hydroxyl groups excluding tert-OH is 1. The molecule has 1 aliphatic carbocycles. The summed E-state index contributed by atoms with van der Waals surface area (Å²) in [6.07, 6.45) is 3.90. The largest absolute Gasteiger partial charge is 0.489 e. The van der Waals surface area contributed by atoms with E-state index in [4.69, 9.17) is 31.9 Å². The number of benzene rings is 2. The van der Waals surface area contributed by atoms with Crippen molar-refractivity contribution in [1.29, 1.82) is 0 Å². The van der Waals surface area contributed by atoms with Gasteiger partial charge in [0, 0.05) is 36.8 Å². The van der Waals surface area contributed by atoms with E-state index >= 15 is 0 Å². The molecule has 10 nitrogen and oxygen atoms in total. The van der Waals surface area contributed by atoms with E-state index in [0.717, 1.165) is 18.4 Å². The molecule has 1 unspecified atom stereocenters. The van der Waals surface area contributed by atoms with Crippen LogP contribution in [-0.2, 0) is 9.53 Å². The van der Waals surface area contributed by atoms with E-state index in [1.807, 2.05) is 4.90 Å². The number of anilines is 3.